The van der Waals surface area contributed by atoms with E-state index in [1.807, 2.05) is 6.07 Å². The Morgan fingerprint density at radius 3 is 3.00 bits per heavy atom. The standard InChI is InChI=1S/C15H19Cl2N3O/c1-15(2)8-11(4-6-21-15)20-13(3-5-16)19-12-7-10(17)9-18-14(12)20/h7,9,11H,3-6,8H2,1-2H3. The first kappa shape index (κ1) is 15.1. The van der Waals surface area contributed by atoms with Gasteiger partial charge in [0.25, 0.3) is 0 Å². The predicted octanol–water partition coefficient (Wildman–Crippen LogP) is 4.00. The largest absolute Gasteiger partial charge is 0.375 e. The number of hydrogen-bond acceptors (Lipinski definition) is 3. The van der Waals surface area contributed by atoms with E-state index in [4.69, 9.17) is 27.9 Å². The van der Waals surface area contributed by atoms with Crippen molar-refractivity contribution in [1.82, 2.24) is 14.5 Å². The summed E-state index contributed by atoms with van der Waals surface area (Å²) >= 11 is 12.0. The molecule has 1 atom stereocenters. The number of aromatic nitrogens is 3. The Morgan fingerprint density at radius 2 is 2.29 bits per heavy atom. The van der Waals surface area contributed by atoms with Crippen LogP contribution in [0.15, 0.2) is 12.3 Å². The highest BCUT2D eigenvalue weighted by Crippen LogP contribution is 2.35. The molecule has 1 fully saturated rings. The molecular formula is C15H19Cl2N3O. The molecule has 0 aliphatic carbocycles. The maximum Gasteiger partial charge on any atom is 0.160 e. The van der Waals surface area contributed by atoms with Crippen molar-refractivity contribution in [3.05, 3.63) is 23.1 Å². The highest BCUT2D eigenvalue weighted by molar-refractivity contribution is 6.31. The van der Waals surface area contributed by atoms with Gasteiger partial charge in [0.05, 0.1) is 10.6 Å². The normalized spacial score (nSPS) is 21.8. The van der Waals surface area contributed by atoms with Gasteiger partial charge in [-0.2, -0.15) is 0 Å². The van der Waals surface area contributed by atoms with Crippen LogP contribution in [0.3, 0.4) is 0 Å². The Labute approximate surface area is 134 Å². The van der Waals surface area contributed by atoms with Gasteiger partial charge in [0.1, 0.15) is 11.3 Å². The Morgan fingerprint density at radius 1 is 1.48 bits per heavy atom. The van der Waals surface area contributed by atoms with Crippen LogP contribution in [-0.2, 0) is 11.2 Å². The van der Waals surface area contributed by atoms with Crippen molar-refractivity contribution in [3.8, 4) is 0 Å². The number of hydrogen-bond donors (Lipinski definition) is 0. The average molecular weight is 328 g/mol. The van der Waals surface area contributed by atoms with E-state index in [0.29, 0.717) is 16.9 Å². The second-order valence-electron chi connectivity index (χ2n) is 6.09. The number of imidazole rings is 1. The molecule has 3 heterocycles. The van der Waals surface area contributed by atoms with Gasteiger partial charge in [-0.3, -0.25) is 0 Å². The zero-order chi connectivity index (χ0) is 15.0. The molecule has 0 amide bonds. The molecule has 0 radical (unpaired) electrons. The molecule has 6 heteroatoms. The summed E-state index contributed by atoms with van der Waals surface area (Å²) in [6.07, 6.45) is 4.32. The van der Waals surface area contributed by atoms with Crippen LogP contribution in [0.1, 0.15) is 38.6 Å². The second-order valence-corrected chi connectivity index (χ2v) is 6.90. The van der Waals surface area contributed by atoms with Crippen molar-refractivity contribution in [2.75, 3.05) is 12.5 Å². The topological polar surface area (TPSA) is 39.9 Å². The molecule has 2 aromatic rings. The molecule has 0 saturated carbocycles. The number of alkyl halides is 1. The van der Waals surface area contributed by atoms with Gasteiger partial charge in [-0.25, -0.2) is 9.97 Å². The van der Waals surface area contributed by atoms with Crippen LogP contribution in [0, 0.1) is 0 Å². The third kappa shape index (κ3) is 3.03. The van der Waals surface area contributed by atoms with E-state index >= 15 is 0 Å². The molecular weight excluding hydrogens is 309 g/mol. The third-order valence-electron chi connectivity index (χ3n) is 3.92. The van der Waals surface area contributed by atoms with Crippen molar-refractivity contribution in [3.63, 3.8) is 0 Å². The van der Waals surface area contributed by atoms with Crippen LogP contribution < -0.4 is 0 Å². The summed E-state index contributed by atoms with van der Waals surface area (Å²) in [6, 6.07) is 2.20. The van der Waals surface area contributed by atoms with Crippen LogP contribution in [0.25, 0.3) is 11.2 Å². The SMILES string of the molecule is CC1(C)CC(n2c(CCCl)nc3cc(Cl)cnc32)CCO1. The van der Waals surface area contributed by atoms with E-state index in [9.17, 15) is 0 Å². The Hall–Kier alpha value is -0.840. The van der Waals surface area contributed by atoms with Crippen LogP contribution >= 0.6 is 23.2 Å². The fourth-order valence-electron chi connectivity index (χ4n) is 3.07. The number of nitrogens with zero attached hydrogens (tertiary/aromatic N) is 3. The molecule has 114 valence electrons. The summed E-state index contributed by atoms with van der Waals surface area (Å²) in [4.78, 5) is 9.17. The molecule has 0 aromatic carbocycles. The van der Waals surface area contributed by atoms with E-state index in [0.717, 1.165) is 42.9 Å². The zero-order valence-electron chi connectivity index (χ0n) is 12.3. The lowest BCUT2D eigenvalue weighted by atomic mass is 9.93. The van der Waals surface area contributed by atoms with Crippen molar-refractivity contribution >= 4 is 34.4 Å². The van der Waals surface area contributed by atoms with Crippen molar-refractivity contribution < 1.29 is 4.74 Å². The maximum atomic E-state index is 6.03. The zero-order valence-corrected chi connectivity index (χ0v) is 13.8. The minimum absolute atomic E-state index is 0.121. The summed E-state index contributed by atoms with van der Waals surface area (Å²) in [5, 5.41) is 0.608. The highest BCUT2D eigenvalue weighted by Gasteiger charge is 2.32. The predicted molar refractivity (Wildman–Crippen MR) is 85.3 cm³/mol. The van der Waals surface area contributed by atoms with Gasteiger partial charge >= 0.3 is 0 Å². The molecule has 0 bridgehead atoms. The van der Waals surface area contributed by atoms with E-state index in [1.54, 1.807) is 6.20 Å². The van der Waals surface area contributed by atoms with Crippen LogP contribution in [-0.4, -0.2) is 32.6 Å². The quantitative estimate of drug-likeness (QED) is 0.800. The molecule has 1 unspecified atom stereocenters. The van der Waals surface area contributed by atoms with E-state index in [-0.39, 0.29) is 5.60 Å². The lowest BCUT2D eigenvalue weighted by molar-refractivity contribution is -0.0689. The Kier molecular flexibility index (Phi) is 4.12. The average Bonchev–Trinajstić information content (AvgIpc) is 2.75. The lowest BCUT2D eigenvalue weighted by Gasteiger charge is -2.36. The van der Waals surface area contributed by atoms with E-state index in [2.05, 4.69) is 28.4 Å². The summed E-state index contributed by atoms with van der Waals surface area (Å²) in [5.41, 5.74) is 1.61. The van der Waals surface area contributed by atoms with Gasteiger partial charge in [0.2, 0.25) is 0 Å². The fraction of sp³-hybridized carbons (Fsp3) is 0.600. The van der Waals surface area contributed by atoms with Gasteiger partial charge in [0, 0.05) is 31.1 Å². The van der Waals surface area contributed by atoms with E-state index in [1.165, 1.54) is 0 Å². The number of fused-ring (bicyclic) bond motifs is 1. The van der Waals surface area contributed by atoms with E-state index < -0.39 is 0 Å². The molecule has 21 heavy (non-hydrogen) atoms. The van der Waals surface area contributed by atoms with Crippen molar-refractivity contribution in [1.29, 1.82) is 0 Å². The van der Waals surface area contributed by atoms with Crippen molar-refractivity contribution in [2.45, 2.75) is 44.8 Å². The number of pyridine rings is 1. The van der Waals surface area contributed by atoms with Crippen LogP contribution in [0.2, 0.25) is 5.02 Å². The monoisotopic (exact) mass is 327 g/mol. The van der Waals surface area contributed by atoms with Crippen LogP contribution in [0.5, 0.6) is 0 Å². The third-order valence-corrected chi connectivity index (χ3v) is 4.32. The van der Waals surface area contributed by atoms with Gasteiger partial charge < -0.3 is 9.30 Å². The van der Waals surface area contributed by atoms with Gasteiger partial charge in [-0.15, -0.1) is 11.6 Å². The summed E-state index contributed by atoms with van der Waals surface area (Å²) in [7, 11) is 0. The second kappa shape index (κ2) is 5.75. The summed E-state index contributed by atoms with van der Waals surface area (Å²) in [5.74, 6) is 1.53. The molecule has 0 N–H and O–H groups in total. The lowest BCUT2D eigenvalue weighted by Crippen LogP contribution is -2.35. The minimum atomic E-state index is -0.121. The summed E-state index contributed by atoms with van der Waals surface area (Å²) in [6.45, 7) is 5.01. The van der Waals surface area contributed by atoms with Crippen molar-refractivity contribution in [2.24, 2.45) is 0 Å². The highest BCUT2D eigenvalue weighted by atomic mass is 35.5. The minimum Gasteiger partial charge on any atom is -0.375 e. The molecule has 0 spiro atoms. The summed E-state index contributed by atoms with van der Waals surface area (Å²) < 4.78 is 8.06. The number of aryl methyl sites for hydroxylation is 1. The Balaban J connectivity index is 2.08. The first-order chi connectivity index (χ1) is 10.00. The number of rotatable bonds is 3. The van der Waals surface area contributed by atoms with Crippen LogP contribution in [0.4, 0.5) is 0 Å². The molecule has 1 saturated heterocycles. The molecule has 1 aliphatic rings. The van der Waals surface area contributed by atoms with Gasteiger partial charge in [0.15, 0.2) is 5.65 Å². The molecule has 1 aliphatic heterocycles. The van der Waals surface area contributed by atoms with Gasteiger partial charge in [-0.1, -0.05) is 11.6 Å². The maximum absolute atomic E-state index is 6.03. The van der Waals surface area contributed by atoms with Gasteiger partial charge in [-0.05, 0) is 32.8 Å². The molecule has 3 rings (SSSR count). The molecule has 2 aromatic heterocycles. The number of halogens is 2. The molecule has 4 nitrogen and oxygen atoms in total. The smallest absolute Gasteiger partial charge is 0.160 e. The first-order valence-electron chi connectivity index (χ1n) is 7.22. The first-order valence-corrected chi connectivity index (χ1v) is 8.14. The Bertz CT molecular complexity index is 654. The fourth-order valence-corrected chi connectivity index (χ4v) is 3.39. The number of ether oxygens (including phenoxy) is 1.